The maximum Gasteiger partial charge on any atom is 0.0952 e. The van der Waals surface area contributed by atoms with E-state index in [4.69, 9.17) is 11.6 Å². The summed E-state index contributed by atoms with van der Waals surface area (Å²) in [5.41, 5.74) is 4.33. The topological polar surface area (TPSA) is 24.9 Å². The molecular formula is C12H9ClN2. The first kappa shape index (κ1) is 8.74. The van der Waals surface area contributed by atoms with Crippen molar-refractivity contribution >= 4 is 17.3 Å². The molecule has 1 aromatic heterocycles. The van der Waals surface area contributed by atoms with Crippen LogP contribution in [0.25, 0.3) is 11.3 Å². The highest BCUT2D eigenvalue weighted by atomic mass is 35.5. The van der Waals surface area contributed by atoms with E-state index in [0.717, 1.165) is 22.9 Å². The minimum absolute atomic E-state index is 0.731. The van der Waals surface area contributed by atoms with Crippen molar-refractivity contribution < 1.29 is 0 Å². The minimum Gasteiger partial charge on any atom is -0.378 e. The Bertz CT molecular complexity index is 523. The zero-order valence-electron chi connectivity index (χ0n) is 8.00. The maximum atomic E-state index is 6.11. The van der Waals surface area contributed by atoms with E-state index in [1.54, 1.807) is 12.3 Å². The molecule has 0 saturated heterocycles. The molecule has 0 saturated carbocycles. The first-order chi connectivity index (χ1) is 7.36. The van der Waals surface area contributed by atoms with Crippen LogP contribution in [0.3, 0.4) is 0 Å². The Morgan fingerprint density at radius 3 is 3.00 bits per heavy atom. The zero-order chi connectivity index (χ0) is 10.3. The molecule has 1 aliphatic heterocycles. The number of anilines is 1. The largest absolute Gasteiger partial charge is 0.378 e. The highest BCUT2D eigenvalue weighted by molar-refractivity contribution is 6.33. The predicted octanol–water partition coefficient (Wildman–Crippen LogP) is 3.33. The summed E-state index contributed by atoms with van der Waals surface area (Å²) < 4.78 is 0. The van der Waals surface area contributed by atoms with Gasteiger partial charge in [0, 0.05) is 18.3 Å². The predicted molar refractivity (Wildman–Crippen MR) is 62.0 cm³/mol. The van der Waals surface area contributed by atoms with E-state index in [0.29, 0.717) is 0 Å². The van der Waals surface area contributed by atoms with E-state index in [-0.39, 0.29) is 0 Å². The number of nitrogens with zero attached hydrogens (tertiary/aromatic N) is 1. The number of hydrogen-bond acceptors (Lipinski definition) is 2. The highest BCUT2D eigenvalue weighted by Gasteiger charge is 2.17. The Labute approximate surface area is 92.9 Å². The number of pyridine rings is 1. The van der Waals surface area contributed by atoms with Gasteiger partial charge in [-0.05, 0) is 11.6 Å². The molecule has 0 bridgehead atoms. The molecule has 2 aromatic rings. The molecule has 0 atom stereocenters. The highest BCUT2D eigenvalue weighted by Crippen LogP contribution is 2.37. The van der Waals surface area contributed by atoms with Crippen LogP contribution in [0, 0.1) is 0 Å². The lowest BCUT2D eigenvalue weighted by Crippen LogP contribution is -2.09. The molecule has 0 radical (unpaired) electrons. The van der Waals surface area contributed by atoms with Crippen LogP contribution in [0.5, 0.6) is 0 Å². The molecule has 1 aromatic carbocycles. The molecular weight excluding hydrogens is 208 g/mol. The molecule has 0 fully saturated rings. The van der Waals surface area contributed by atoms with Gasteiger partial charge in [-0.3, -0.25) is 4.98 Å². The van der Waals surface area contributed by atoms with Crippen molar-refractivity contribution in [1.29, 1.82) is 0 Å². The van der Waals surface area contributed by atoms with Crippen molar-refractivity contribution in [2.75, 3.05) is 5.32 Å². The molecule has 0 aliphatic carbocycles. The summed E-state index contributed by atoms with van der Waals surface area (Å²) in [5, 5.41) is 4.02. The van der Waals surface area contributed by atoms with Gasteiger partial charge in [0.1, 0.15) is 0 Å². The summed E-state index contributed by atoms with van der Waals surface area (Å²) in [7, 11) is 0. The monoisotopic (exact) mass is 216 g/mol. The summed E-state index contributed by atoms with van der Waals surface area (Å²) in [5.74, 6) is 0. The van der Waals surface area contributed by atoms with Crippen LogP contribution < -0.4 is 5.32 Å². The average molecular weight is 217 g/mol. The molecule has 2 nitrogen and oxygen atoms in total. The van der Waals surface area contributed by atoms with E-state index >= 15 is 0 Å². The van der Waals surface area contributed by atoms with Crippen LogP contribution in [0.2, 0.25) is 5.02 Å². The number of hydrogen-bond donors (Lipinski definition) is 1. The van der Waals surface area contributed by atoms with Crippen LogP contribution in [0.1, 0.15) is 5.56 Å². The summed E-state index contributed by atoms with van der Waals surface area (Å²) >= 11 is 6.11. The van der Waals surface area contributed by atoms with Crippen LogP contribution in [-0.4, -0.2) is 4.98 Å². The lowest BCUT2D eigenvalue weighted by Gasteiger charge is -2.21. The number of aromatic nitrogens is 1. The van der Waals surface area contributed by atoms with Gasteiger partial charge in [-0.15, -0.1) is 0 Å². The van der Waals surface area contributed by atoms with E-state index in [1.807, 2.05) is 12.1 Å². The standard InChI is InChI=1S/C12H9ClN2/c13-10-5-6-14-11-9-4-2-1-3-8(9)7-15-12(10)11/h1-6,15H,7H2. The first-order valence-corrected chi connectivity index (χ1v) is 5.21. The van der Waals surface area contributed by atoms with E-state index in [9.17, 15) is 0 Å². The summed E-state index contributed by atoms with van der Waals surface area (Å²) in [4.78, 5) is 4.37. The zero-order valence-corrected chi connectivity index (χ0v) is 8.75. The third-order valence-corrected chi connectivity index (χ3v) is 2.94. The maximum absolute atomic E-state index is 6.11. The van der Waals surface area contributed by atoms with E-state index < -0.39 is 0 Å². The average Bonchev–Trinajstić information content (AvgIpc) is 2.29. The van der Waals surface area contributed by atoms with E-state index in [1.165, 1.54) is 11.1 Å². The molecule has 0 amide bonds. The molecule has 2 heterocycles. The van der Waals surface area contributed by atoms with Gasteiger partial charge in [0.25, 0.3) is 0 Å². The molecule has 1 aliphatic rings. The van der Waals surface area contributed by atoms with Crippen LogP contribution in [-0.2, 0) is 6.54 Å². The van der Waals surface area contributed by atoms with Crippen LogP contribution in [0.15, 0.2) is 36.5 Å². The molecule has 15 heavy (non-hydrogen) atoms. The summed E-state index contributed by atoms with van der Waals surface area (Å²) in [6, 6.07) is 10.1. The molecule has 74 valence electrons. The van der Waals surface area contributed by atoms with Gasteiger partial charge in [0.2, 0.25) is 0 Å². The summed E-state index contributed by atoms with van der Waals surface area (Å²) in [6.07, 6.45) is 1.74. The third-order valence-electron chi connectivity index (χ3n) is 2.63. The van der Waals surface area contributed by atoms with Crippen molar-refractivity contribution in [3.8, 4) is 11.3 Å². The van der Waals surface area contributed by atoms with Gasteiger partial charge < -0.3 is 5.32 Å². The second-order valence-corrected chi connectivity index (χ2v) is 3.93. The molecule has 1 N–H and O–H groups in total. The fourth-order valence-electron chi connectivity index (χ4n) is 1.90. The van der Waals surface area contributed by atoms with Crippen molar-refractivity contribution in [2.24, 2.45) is 0 Å². The lowest BCUT2D eigenvalue weighted by atomic mass is 9.99. The molecule has 3 rings (SSSR count). The van der Waals surface area contributed by atoms with Crippen LogP contribution in [0.4, 0.5) is 5.69 Å². The Morgan fingerprint density at radius 1 is 1.20 bits per heavy atom. The summed E-state index contributed by atoms with van der Waals surface area (Å²) in [6.45, 7) is 0.814. The van der Waals surface area contributed by atoms with Gasteiger partial charge in [0.15, 0.2) is 0 Å². The van der Waals surface area contributed by atoms with Gasteiger partial charge >= 0.3 is 0 Å². The van der Waals surface area contributed by atoms with Crippen molar-refractivity contribution in [3.05, 3.63) is 47.1 Å². The van der Waals surface area contributed by atoms with Gasteiger partial charge in [-0.2, -0.15) is 0 Å². The normalized spacial score (nSPS) is 12.6. The molecule has 3 heteroatoms. The van der Waals surface area contributed by atoms with Gasteiger partial charge in [-0.1, -0.05) is 35.9 Å². The third kappa shape index (κ3) is 1.29. The fourth-order valence-corrected chi connectivity index (χ4v) is 2.11. The second-order valence-electron chi connectivity index (χ2n) is 3.53. The first-order valence-electron chi connectivity index (χ1n) is 4.83. The SMILES string of the molecule is Clc1ccnc2c1NCc1ccccc1-2. The molecule has 0 unspecified atom stereocenters. The Hall–Kier alpha value is -1.54. The fraction of sp³-hybridized carbons (Fsp3) is 0.0833. The Balaban J connectivity index is 2.30. The van der Waals surface area contributed by atoms with Crippen LogP contribution >= 0.6 is 11.6 Å². The Kier molecular flexibility index (Phi) is 1.89. The number of halogens is 1. The van der Waals surface area contributed by atoms with Crippen molar-refractivity contribution in [1.82, 2.24) is 4.98 Å². The number of benzene rings is 1. The lowest BCUT2D eigenvalue weighted by molar-refractivity contribution is 1.10. The van der Waals surface area contributed by atoms with Crippen molar-refractivity contribution in [2.45, 2.75) is 6.54 Å². The molecule has 0 spiro atoms. The quantitative estimate of drug-likeness (QED) is 0.731. The van der Waals surface area contributed by atoms with Gasteiger partial charge in [0.05, 0.1) is 16.4 Å². The minimum atomic E-state index is 0.731. The van der Waals surface area contributed by atoms with Crippen molar-refractivity contribution in [3.63, 3.8) is 0 Å². The smallest absolute Gasteiger partial charge is 0.0952 e. The Morgan fingerprint density at radius 2 is 2.07 bits per heavy atom. The van der Waals surface area contributed by atoms with Gasteiger partial charge in [-0.25, -0.2) is 0 Å². The number of fused-ring (bicyclic) bond motifs is 3. The number of nitrogens with one attached hydrogen (secondary N) is 1. The second kappa shape index (κ2) is 3.24. The van der Waals surface area contributed by atoms with E-state index in [2.05, 4.69) is 22.4 Å². The number of rotatable bonds is 0.